The van der Waals surface area contributed by atoms with Gasteiger partial charge in [-0.1, -0.05) is 11.2 Å². The fourth-order valence-corrected chi connectivity index (χ4v) is 1.36. The van der Waals surface area contributed by atoms with Crippen LogP contribution >= 0.6 is 0 Å². The molecule has 0 atom stereocenters. The number of carbonyl (C=O) groups is 1. The molecule has 0 aliphatic carbocycles. The standard InChI is InChI=1S/C11H8N2O5.C2H6OS/c12-11(14)8(9-2-1-5-17-9)6-7-3-4-10(18-7)13(15)16;1-4(2)3/h1-6H,(H2,12,14);1-2H3/b8-6-;. The Morgan fingerprint density at radius 2 is 2.00 bits per heavy atom. The SMILES string of the molecule is C[S+](C)[O-].NC(=O)/C(=C\c1ccc([N+](=O)[O-])o1)c1ccco1. The number of carbonyl (C=O) groups excluding carboxylic acids is 1. The molecule has 9 heteroatoms. The molecule has 0 unspecified atom stereocenters. The van der Waals surface area contributed by atoms with Gasteiger partial charge in [0.25, 0.3) is 5.91 Å². The molecule has 2 heterocycles. The lowest BCUT2D eigenvalue weighted by Gasteiger charge is -1.97. The molecule has 8 nitrogen and oxygen atoms in total. The Morgan fingerprint density at radius 3 is 2.41 bits per heavy atom. The van der Waals surface area contributed by atoms with Crippen molar-refractivity contribution in [3.05, 3.63) is 52.2 Å². The topological polar surface area (TPSA) is 136 Å². The van der Waals surface area contributed by atoms with E-state index >= 15 is 0 Å². The number of hydrogen-bond acceptors (Lipinski definition) is 6. The second kappa shape index (κ2) is 8.05. The van der Waals surface area contributed by atoms with Crippen LogP contribution in [-0.2, 0) is 16.0 Å². The maximum Gasteiger partial charge on any atom is 0.433 e. The molecule has 0 bridgehead atoms. The summed E-state index contributed by atoms with van der Waals surface area (Å²) in [7, 11) is 0. The Bertz CT molecular complexity index is 657. The minimum Gasteiger partial charge on any atom is -0.617 e. The average Bonchev–Trinajstić information content (AvgIpc) is 3.06. The summed E-state index contributed by atoms with van der Waals surface area (Å²) in [6.45, 7) is 0. The minimum atomic E-state index is -0.719. The van der Waals surface area contributed by atoms with Crippen molar-refractivity contribution >= 4 is 34.6 Å². The van der Waals surface area contributed by atoms with Crippen LogP contribution in [0.15, 0.2) is 39.4 Å². The lowest BCUT2D eigenvalue weighted by molar-refractivity contribution is -0.402. The number of nitro groups is 1. The van der Waals surface area contributed by atoms with E-state index in [0.717, 1.165) is 0 Å². The van der Waals surface area contributed by atoms with Gasteiger partial charge in [0.1, 0.15) is 16.4 Å². The van der Waals surface area contributed by atoms with Gasteiger partial charge in [-0.3, -0.25) is 14.9 Å². The van der Waals surface area contributed by atoms with E-state index < -0.39 is 27.9 Å². The number of nitrogens with zero attached hydrogens (tertiary/aromatic N) is 1. The van der Waals surface area contributed by atoms with Crippen molar-refractivity contribution in [3.63, 3.8) is 0 Å². The van der Waals surface area contributed by atoms with Gasteiger partial charge in [0.15, 0.2) is 0 Å². The van der Waals surface area contributed by atoms with E-state index in [1.165, 1.54) is 24.5 Å². The number of rotatable bonds is 4. The summed E-state index contributed by atoms with van der Waals surface area (Å²) < 4.78 is 19.5. The number of furan rings is 2. The van der Waals surface area contributed by atoms with Crippen LogP contribution in [0.25, 0.3) is 11.6 Å². The van der Waals surface area contributed by atoms with Crippen LogP contribution in [-0.4, -0.2) is 27.9 Å². The van der Waals surface area contributed by atoms with Crippen molar-refractivity contribution in [1.29, 1.82) is 0 Å². The highest BCUT2D eigenvalue weighted by molar-refractivity contribution is 7.89. The third-order valence-corrected chi connectivity index (χ3v) is 2.13. The monoisotopic (exact) mass is 326 g/mol. The lowest BCUT2D eigenvalue weighted by Crippen LogP contribution is -2.12. The van der Waals surface area contributed by atoms with Crippen molar-refractivity contribution < 1.29 is 23.1 Å². The van der Waals surface area contributed by atoms with Gasteiger partial charge in [0.05, 0.1) is 30.4 Å². The maximum atomic E-state index is 11.3. The summed E-state index contributed by atoms with van der Waals surface area (Å²) in [5, 5.41) is 10.4. The molecule has 0 fully saturated rings. The minimum absolute atomic E-state index is 0.0734. The summed E-state index contributed by atoms with van der Waals surface area (Å²) in [4.78, 5) is 21.0. The van der Waals surface area contributed by atoms with Crippen molar-refractivity contribution in [2.75, 3.05) is 12.5 Å². The first-order valence-electron chi connectivity index (χ1n) is 5.86. The fourth-order valence-electron chi connectivity index (χ4n) is 1.36. The van der Waals surface area contributed by atoms with Crippen LogP contribution in [0.5, 0.6) is 0 Å². The van der Waals surface area contributed by atoms with E-state index in [0.29, 0.717) is 0 Å². The van der Waals surface area contributed by atoms with Crippen LogP contribution < -0.4 is 5.73 Å². The van der Waals surface area contributed by atoms with Gasteiger partial charge in [-0.15, -0.1) is 0 Å². The fraction of sp³-hybridized carbons (Fsp3) is 0.154. The third kappa shape index (κ3) is 5.46. The molecule has 1 amide bonds. The molecule has 0 aliphatic rings. The van der Waals surface area contributed by atoms with Crippen molar-refractivity contribution in [1.82, 2.24) is 0 Å². The second-order valence-corrected chi connectivity index (χ2v) is 5.56. The molecule has 2 rings (SSSR count). The van der Waals surface area contributed by atoms with E-state index in [-0.39, 0.29) is 17.1 Å². The molecular formula is C13H14N2O6S. The smallest absolute Gasteiger partial charge is 0.433 e. The van der Waals surface area contributed by atoms with Crippen LogP contribution in [0.2, 0.25) is 0 Å². The van der Waals surface area contributed by atoms with E-state index in [4.69, 9.17) is 14.6 Å². The van der Waals surface area contributed by atoms with Gasteiger partial charge in [-0.05, 0) is 24.3 Å². The lowest BCUT2D eigenvalue weighted by atomic mass is 10.1. The molecular weight excluding hydrogens is 312 g/mol. The quantitative estimate of drug-likeness (QED) is 0.394. The Hall–Kier alpha value is -2.52. The van der Waals surface area contributed by atoms with E-state index in [1.807, 2.05) is 0 Å². The maximum absolute atomic E-state index is 11.3. The zero-order chi connectivity index (χ0) is 16.7. The van der Waals surface area contributed by atoms with Gasteiger partial charge in [0.2, 0.25) is 0 Å². The zero-order valence-corrected chi connectivity index (χ0v) is 12.7. The Morgan fingerprint density at radius 1 is 1.36 bits per heavy atom. The Balaban J connectivity index is 0.000000541. The van der Waals surface area contributed by atoms with Gasteiger partial charge in [-0.25, -0.2) is 0 Å². The first-order chi connectivity index (χ1) is 10.3. The molecule has 0 radical (unpaired) electrons. The van der Waals surface area contributed by atoms with E-state index in [2.05, 4.69) is 0 Å². The second-order valence-electron chi connectivity index (χ2n) is 4.07. The highest BCUT2D eigenvalue weighted by Crippen LogP contribution is 2.22. The number of nitrogens with two attached hydrogens (primary N) is 1. The van der Waals surface area contributed by atoms with Crippen LogP contribution in [0, 0.1) is 10.1 Å². The van der Waals surface area contributed by atoms with Gasteiger partial charge in [0, 0.05) is 0 Å². The molecule has 22 heavy (non-hydrogen) atoms. The summed E-state index contributed by atoms with van der Waals surface area (Å²) in [5.74, 6) is -0.720. The Labute approximate surface area is 128 Å². The number of amides is 1. The zero-order valence-electron chi connectivity index (χ0n) is 11.8. The predicted molar refractivity (Wildman–Crippen MR) is 81.1 cm³/mol. The molecule has 118 valence electrons. The van der Waals surface area contributed by atoms with E-state index in [9.17, 15) is 19.5 Å². The van der Waals surface area contributed by atoms with Crippen molar-refractivity contribution in [2.45, 2.75) is 0 Å². The normalized spacial score (nSPS) is 11.0. The van der Waals surface area contributed by atoms with Gasteiger partial charge < -0.3 is 19.1 Å². The number of primary amides is 1. The highest BCUT2D eigenvalue weighted by atomic mass is 32.2. The summed E-state index contributed by atoms with van der Waals surface area (Å²) in [6.07, 6.45) is 5.95. The largest absolute Gasteiger partial charge is 0.617 e. The molecule has 2 N–H and O–H groups in total. The van der Waals surface area contributed by atoms with Gasteiger partial charge >= 0.3 is 5.88 Å². The van der Waals surface area contributed by atoms with Crippen LogP contribution in [0.4, 0.5) is 5.88 Å². The predicted octanol–water partition coefficient (Wildman–Crippen LogP) is 1.80. The molecule has 0 aromatic carbocycles. The first-order valence-corrected chi connectivity index (χ1v) is 7.82. The van der Waals surface area contributed by atoms with Crippen molar-refractivity contribution in [3.8, 4) is 0 Å². The van der Waals surface area contributed by atoms with Gasteiger partial charge in [-0.2, -0.15) is 0 Å². The molecule has 0 saturated heterocycles. The highest BCUT2D eigenvalue weighted by Gasteiger charge is 2.15. The molecule has 0 aliphatic heterocycles. The average molecular weight is 326 g/mol. The van der Waals surface area contributed by atoms with E-state index in [1.54, 1.807) is 24.6 Å². The summed E-state index contributed by atoms with van der Waals surface area (Å²) in [6, 6.07) is 5.70. The summed E-state index contributed by atoms with van der Waals surface area (Å²) in [5.41, 5.74) is 5.27. The first kappa shape index (κ1) is 17.5. The molecule has 0 saturated carbocycles. The molecule has 2 aromatic rings. The summed E-state index contributed by atoms with van der Waals surface area (Å²) >= 11 is -0.611. The van der Waals surface area contributed by atoms with Crippen molar-refractivity contribution in [2.24, 2.45) is 5.73 Å². The molecule has 2 aromatic heterocycles. The number of hydrogen-bond donors (Lipinski definition) is 1. The Kier molecular flexibility index (Phi) is 6.42. The van der Waals surface area contributed by atoms with Crippen LogP contribution in [0.3, 0.4) is 0 Å². The third-order valence-electron chi connectivity index (χ3n) is 2.13. The molecule has 0 spiro atoms. The van der Waals surface area contributed by atoms with Crippen LogP contribution in [0.1, 0.15) is 11.5 Å².